The van der Waals surface area contributed by atoms with E-state index in [0.29, 0.717) is 12.3 Å². The van der Waals surface area contributed by atoms with Gasteiger partial charge in [0.2, 0.25) is 0 Å². The predicted molar refractivity (Wildman–Crippen MR) is 76.5 cm³/mol. The summed E-state index contributed by atoms with van der Waals surface area (Å²) in [6, 6.07) is 5.06. The third kappa shape index (κ3) is 3.92. The summed E-state index contributed by atoms with van der Waals surface area (Å²) in [5, 5.41) is 10.7. The van der Waals surface area contributed by atoms with E-state index >= 15 is 0 Å². The first kappa shape index (κ1) is 16.9. The molecule has 1 aliphatic rings. The summed E-state index contributed by atoms with van der Waals surface area (Å²) in [5.41, 5.74) is -0.807. The molecule has 3 rings (SSSR count). The van der Waals surface area contributed by atoms with E-state index in [2.05, 4.69) is 9.72 Å². The first-order valence-electron chi connectivity index (χ1n) is 7.03. The monoisotopic (exact) mass is 359 g/mol. The lowest BCUT2D eigenvalue weighted by molar-refractivity contribution is -0.389. The van der Waals surface area contributed by atoms with Crippen molar-refractivity contribution in [2.75, 3.05) is 6.61 Å². The van der Waals surface area contributed by atoms with Crippen LogP contribution in [0.5, 0.6) is 17.5 Å². The minimum absolute atomic E-state index is 0.0730. The average Bonchev–Trinajstić information content (AvgIpc) is 3.00. The molecule has 1 atom stereocenters. The third-order valence-corrected chi connectivity index (χ3v) is 3.36. The molecule has 8 nitrogen and oxygen atoms in total. The fraction of sp³-hybridized carbons (Fsp3) is 0.357. The van der Waals surface area contributed by atoms with Crippen LogP contribution in [0, 0.1) is 10.1 Å². The number of benzene rings is 1. The molecule has 0 aliphatic carbocycles. The van der Waals surface area contributed by atoms with Gasteiger partial charge >= 0.3 is 18.2 Å². The number of rotatable bonds is 5. The quantitative estimate of drug-likeness (QED) is 0.602. The molecule has 0 bridgehead atoms. The Bertz CT molecular complexity index is 765. The van der Waals surface area contributed by atoms with Crippen molar-refractivity contribution in [1.29, 1.82) is 0 Å². The maximum absolute atomic E-state index is 12.1. The Kier molecular flexibility index (Phi) is 3.93. The fourth-order valence-corrected chi connectivity index (χ4v) is 2.33. The first-order valence-corrected chi connectivity index (χ1v) is 7.03. The second-order valence-electron chi connectivity index (χ2n) is 5.63. The van der Waals surface area contributed by atoms with Gasteiger partial charge in [0.1, 0.15) is 24.3 Å². The maximum Gasteiger partial charge on any atom is 0.573 e. The summed E-state index contributed by atoms with van der Waals surface area (Å²) >= 11 is 0. The summed E-state index contributed by atoms with van der Waals surface area (Å²) in [4.78, 5) is 13.8. The smallest absolute Gasteiger partial charge is 0.489 e. The van der Waals surface area contributed by atoms with E-state index < -0.39 is 16.9 Å². The standard InChI is InChI=1S/C14H12F3N3O5/c1-13(7-19-6-11(20(21)22)18-12(19)25-13)8-23-9-2-4-10(5-3-9)24-14(15,16)17/h2-6H,7-8H2,1H3/t13-/m0/s1. The van der Waals surface area contributed by atoms with Crippen LogP contribution < -0.4 is 14.2 Å². The summed E-state index contributed by atoms with van der Waals surface area (Å²) < 4.78 is 52.7. The van der Waals surface area contributed by atoms with Crippen molar-refractivity contribution in [3.63, 3.8) is 0 Å². The number of nitro groups is 1. The number of imidazole rings is 1. The normalized spacial score (nSPS) is 19.2. The number of alkyl halides is 3. The van der Waals surface area contributed by atoms with Gasteiger partial charge < -0.3 is 24.3 Å². The largest absolute Gasteiger partial charge is 0.573 e. The summed E-state index contributed by atoms with van der Waals surface area (Å²) in [5.74, 6) is -0.330. The zero-order valence-corrected chi connectivity index (χ0v) is 12.8. The molecule has 134 valence electrons. The van der Waals surface area contributed by atoms with E-state index in [-0.39, 0.29) is 24.2 Å². The van der Waals surface area contributed by atoms with E-state index in [1.54, 1.807) is 6.92 Å². The summed E-state index contributed by atoms with van der Waals surface area (Å²) in [6.07, 6.45) is -3.49. The zero-order valence-electron chi connectivity index (χ0n) is 12.8. The molecule has 1 aromatic heterocycles. The third-order valence-electron chi connectivity index (χ3n) is 3.36. The van der Waals surface area contributed by atoms with Crippen LogP contribution in [0.3, 0.4) is 0 Å². The van der Waals surface area contributed by atoms with Crippen LogP contribution in [-0.2, 0) is 6.54 Å². The van der Waals surface area contributed by atoms with Crippen LogP contribution in [0.2, 0.25) is 0 Å². The molecule has 0 fully saturated rings. The minimum Gasteiger partial charge on any atom is -0.489 e. The van der Waals surface area contributed by atoms with Gasteiger partial charge in [-0.2, -0.15) is 0 Å². The van der Waals surface area contributed by atoms with Crippen molar-refractivity contribution >= 4 is 5.82 Å². The molecule has 0 saturated carbocycles. The maximum atomic E-state index is 12.1. The highest BCUT2D eigenvalue weighted by molar-refractivity contribution is 5.31. The topological polar surface area (TPSA) is 88.7 Å². The Morgan fingerprint density at radius 3 is 2.56 bits per heavy atom. The van der Waals surface area contributed by atoms with Gasteiger partial charge in [0.15, 0.2) is 5.60 Å². The number of nitrogens with zero attached hydrogens (tertiary/aromatic N) is 3. The lowest BCUT2D eigenvalue weighted by Crippen LogP contribution is -2.38. The van der Waals surface area contributed by atoms with Gasteiger partial charge in [-0.05, 0) is 36.1 Å². The van der Waals surface area contributed by atoms with Crippen molar-refractivity contribution in [1.82, 2.24) is 9.55 Å². The van der Waals surface area contributed by atoms with Gasteiger partial charge in [-0.25, -0.2) is 0 Å². The Balaban J connectivity index is 1.58. The summed E-state index contributed by atoms with van der Waals surface area (Å²) in [6.45, 7) is 2.09. The number of ether oxygens (including phenoxy) is 3. The van der Waals surface area contributed by atoms with Crippen LogP contribution in [0.15, 0.2) is 30.5 Å². The molecular formula is C14H12F3N3O5. The first-order chi connectivity index (χ1) is 11.6. The molecule has 0 N–H and O–H groups in total. The molecule has 1 aromatic carbocycles. The Labute approximate surface area is 138 Å². The SMILES string of the molecule is C[C@@]1(COc2ccc(OC(F)(F)F)cc2)Cn2cc([N+](=O)[O-])nc2O1. The molecule has 25 heavy (non-hydrogen) atoms. The van der Waals surface area contributed by atoms with Gasteiger partial charge in [0.25, 0.3) is 0 Å². The van der Waals surface area contributed by atoms with Crippen molar-refractivity contribution in [2.24, 2.45) is 0 Å². The van der Waals surface area contributed by atoms with E-state index in [9.17, 15) is 23.3 Å². The number of hydrogen-bond donors (Lipinski definition) is 0. The van der Waals surface area contributed by atoms with Crippen molar-refractivity contribution in [3.8, 4) is 17.5 Å². The van der Waals surface area contributed by atoms with Crippen LogP contribution in [0.25, 0.3) is 0 Å². The Hall–Kier alpha value is -2.98. The van der Waals surface area contributed by atoms with Gasteiger partial charge in [-0.3, -0.25) is 4.57 Å². The molecule has 11 heteroatoms. The predicted octanol–water partition coefficient (Wildman–Crippen LogP) is 2.92. The van der Waals surface area contributed by atoms with Crippen LogP contribution in [0.1, 0.15) is 6.92 Å². The minimum atomic E-state index is -4.75. The molecular weight excluding hydrogens is 347 g/mol. The number of hydrogen-bond acceptors (Lipinski definition) is 6. The summed E-state index contributed by atoms with van der Waals surface area (Å²) in [7, 11) is 0. The molecule has 0 amide bonds. The van der Waals surface area contributed by atoms with Crippen LogP contribution in [-0.4, -0.2) is 33.0 Å². The molecule has 0 unspecified atom stereocenters. The fourth-order valence-electron chi connectivity index (χ4n) is 2.33. The van der Waals surface area contributed by atoms with Crippen molar-refractivity contribution in [3.05, 3.63) is 40.6 Å². The molecule has 1 aliphatic heterocycles. The Morgan fingerprint density at radius 1 is 1.36 bits per heavy atom. The van der Waals surface area contributed by atoms with Crippen LogP contribution >= 0.6 is 0 Å². The second kappa shape index (κ2) is 5.83. The van der Waals surface area contributed by atoms with E-state index in [4.69, 9.17) is 9.47 Å². The average molecular weight is 359 g/mol. The van der Waals surface area contributed by atoms with Gasteiger partial charge in [-0.1, -0.05) is 0 Å². The highest BCUT2D eigenvalue weighted by Gasteiger charge is 2.41. The van der Waals surface area contributed by atoms with Crippen LogP contribution in [0.4, 0.5) is 19.0 Å². The van der Waals surface area contributed by atoms with E-state index in [1.165, 1.54) is 22.9 Å². The zero-order chi connectivity index (χ0) is 18.2. The van der Waals surface area contributed by atoms with Gasteiger partial charge in [0, 0.05) is 4.98 Å². The second-order valence-corrected chi connectivity index (χ2v) is 5.63. The Morgan fingerprint density at radius 2 is 2.00 bits per heavy atom. The van der Waals surface area contributed by atoms with Gasteiger partial charge in [0.05, 0.1) is 6.54 Å². The van der Waals surface area contributed by atoms with Gasteiger partial charge in [-0.15, -0.1) is 13.2 Å². The molecule has 0 radical (unpaired) electrons. The number of halogens is 3. The highest BCUT2D eigenvalue weighted by atomic mass is 19.4. The van der Waals surface area contributed by atoms with Crippen molar-refractivity contribution < 1.29 is 32.3 Å². The lowest BCUT2D eigenvalue weighted by atomic mass is 10.1. The molecule has 0 spiro atoms. The van der Waals surface area contributed by atoms with E-state index in [0.717, 1.165) is 12.1 Å². The van der Waals surface area contributed by atoms with E-state index in [1.807, 2.05) is 0 Å². The number of aromatic nitrogens is 2. The molecule has 2 heterocycles. The molecule has 0 saturated heterocycles. The highest BCUT2D eigenvalue weighted by Crippen LogP contribution is 2.32. The molecule has 2 aromatic rings. The van der Waals surface area contributed by atoms with Crippen molar-refractivity contribution in [2.45, 2.75) is 25.4 Å². The lowest BCUT2D eigenvalue weighted by Gasteiger charge is -2.22. The number of fused-ring (bicyclic) bond motifs is 1.